The molecule has 13 heavy (non-hydrogen) atoms. The number of nitrogens with two attached hydrogens (primary N) is 1. The number of hydrogen-bond acceptors (Lipinski definition) is 3. The quantitative estimate of drug-likeness (QED) is 0.719. The summed E-state index contributed by atoms with van der Waals surface area (Å²) in [5.41, 5.74) is 7.30. The van der Waals surface area contributed by atoms with Gasteiger partial charge in [-0.2, -0.15) is 5.26 Å². The van der Waals surface area contributed by atoms with E-state index in [4.69, 9.17) is 11.0 Å². The minimum Gasteiger partial charge on any atom is -0.508 e. The number of benzene rings is 1. The lowest BCUT2D eigenvalue weighted by atomic mass is 10.0. The molecule has 1 aromatic carbocycles. The van der Waals surface area contributed by atoms with Crippen LogP contribution >= 0.6 is 0 Å². The summed E-state index contributed by atoms with van der Waals surface area (Å²) in [5, 5.41) is 17.8. The van der Waals surface area contributed by atoms with Crippen LogP contribution in [0, 0.1) is 18.3 Å². The molecule has 0 radical (unpaired) electrons. The normalized spacial score (nSPS) is 12.1. The maximum Gasteiger partial charge on any atom is 0.118 e. The first-order valence-corrected chi connectivity index (χ1v) is 4.07. The van der Waals surface area contributed by atoms with Crippen molar-refractivity contribution in [2.24, 2.45) is 5.73 Å². The van der Waals surface area contributed by atoms with Crippen LogP contribution in [0.25, 0.3) is 0 Å². The Morgan fingerprint density at radius 2 is 2.31 bits per heavy atom. The van der Waals surface area contributed by atoms with Gasteiger partial charge in [0.1, 0.15) is 5.75 Å². The summed E-state index contributed by atoms with van der Waals surface area (Å²) in [5.74, 6) is 0.228. The van der Waals surface area contributed by atoms with Gasteiger partial charge in [-0.05, 0) is 24.1 Å². The molecule has 0 aliphatic heterocycles. The lowest BCUT2D eigenvalue weighted by Gasteiger charge is -2.08. The van der Waals surface area contributed by atoms with Crippen LogP contribution in [0.5, 0.6) is 5.75 Å². The minimum absolute atomic E-state index is 0.228. The first-order chi connectivity index (χ1) is 6.15. The standard InChI is InChI=1S/C10H12N2O/c1-7-2-3-8(6-10(7)13)9(12)4-5-11/h2-3,6,9,13H,4,12H2,1H3/t9-/m0/s1. The maximum absolute atomic E-state index is 9.38. The highest BCUT2D eigenvalue weighted by Gasteiger charge is 2.06. The third-order valence-electron chi connectivity index (χ3n) is 1.97. The van der Waals surface area contributed by atoms with Crippen LogP contribution in [-0.4, -0.2) is 5.11 Å². The molecule has 0 saturated heterocycles. The largest absolute Gasteiger partial charge is 0.508 e. The fourth-order valence-corrected chi connectivity index (χ4v) is 1.07. The first-order valence-electron chi connectivity index (χ1n) is 4.07. The smallest absolute Gasteiger partial charge is 0.118 e. The minimum atomic E-state index is -0.309. The third kappa shape index (κ3) is 2.20. The number of phenols is 1. The van der Waals surface area contributed by atoms with Gasteiger partial charge in [0.05, 0.1) is 12.5 Å². The van der Waals surface area contributed by atoms with E-state index in [1.54, 1.807) is 12.1 Å². The van der Waals surface area contributed by atoms with Crippen LogP contribution in [0.2, 0.25) is 0 Å². The summed E-state index contributed by atoms with van der Waals surface area (Å²) in [6, 6.07) is 6.92. The summed E-state index contributed by atoms with van der Waals surface area (Å²) >= 11 is 0. The highest BCUT2D eigenvalue weighted by Crippen LogP contribution is 2.22. The van der Waals surface area contributed by atoms with Crippen molar-refractivity contribution >= 4 is 0 Å². The molecule has 0 amide bonds. The highest BCUT2D eigenvalue weighted by atomic mass is 16.3. The van der Waals surface area contributed by atoms with Crippen molar-refractivity contribution in [3.8, 4) is 11.8 Å². The van der Waals surface area contributed by atoms with Crippen molar-refractivity contribution in [1.29, 1.82) is 5.26 Å². The molecule has 0 aromatic heterocycles. The molecular formula is C10H12N2O. The van der Waals surface area contributed by atoms with Crippen LogP contribution in [-0.2, 0) is 0 Å². The predicted octanol–water partition coefficient (Wildman–Crippen LogP) is 1.61. The third-order valence-corrected chi connectivity index (χ3v) is 1.97. The van der Waals surface area contributed by atoms with E-state index >= 15 is 0 Å². The molecule has 1 atom stereocenters. The van der Waals surface area contributed by atoms with Gasteiger partial charge in [0.2, 0.25) is 0 Å². The number of rotatable bonds is 2. The Balaban J connectivity index is 2.91. The maximum atomic E-state index is 9.38. The molecule has 3 heteroatoms. The fourth-order valence-electron chi connectivity index (χ4n) is 1.07. The molecule has 1 aromatic rings. The predicted molar refractivity (Wildman–Crippen MR) is 50.0 cm³/mol. The van der Waals surface area contributed by atoms with Crippen molar-refractivity contribution in [1.82, 2.24) is 0 Å². The molecule has 68 valence electrons. The molecule has 0 saturated carbocycles. The van der Waals surface area contributed by atoms with Gasteiger partial charge in [0, 0.05) is 6.04 Å². The van der Waals surface area contributed by atoms with E-state index in [0.29, 0.717) is 0 Å². The molecule has 0 aliphatic rings. The van der Waals surface area contributed by atoms with Gasteiger partial charge in [0.25, 0.3) is 0 Å². The number of nitriles is 1. The number of aryl methyl sites for hydroxylation is 1. The zero-order chi connectivity index (χ0) is 9.84. The molecule has 1 rings (SSSR count). The second-order valence-corrected chi connectivity index (χ2v) is 3.01. The number of nitrogens with zero attached hydrogens (tertiary/aromatic N) is 1. The van der Waals surface area contributed by atoms with E-state index in [0.717, 1.165) is 11.1 Å². The van der Waals surface area contributed by atoms with Crippen LogP contribution < -0.4 is 5.73 Å². The lowest BCUT2D eigenvalue weighted by molar-refractivity contribution is 0.469. The summed E-state index contributed by atoms with van der Waals surface area (Å²) < 4.78 is 0. The summed E-state index contributed by atoms with van der Waals surface area (Å²) in [6.45, 7) is 1.81. The van der Waals surface area contributed by atoms with E-state index in [-0.39, 0.29) is 18.2 Å². The van der Waals surface area contributed by atoms with Gasteiger partial charge in [-0.1, -0.05) is 12.1 Å². The Kier molecular flexibility index (Phi) is 2.88. The van der Waals surface area contributed by atoms with Gasteiger partial charge >= 0.3 is 0 Å². The van der Waals surface area contributed by atoms with E-state index in [1.165, 1.54) is 0 Å². The van der Waals surface area contributed by atoms with Crippen molar-refractivity contribution in [3.05, 3.63) is 29.3 Å². The topological polar surface area (TPSA) is 70.0 Å². The van der Waals surface area contributed by atoms with Gasteiger partial charge in [-0.25, -0.2) is 0 Å². The van der Waals surface area contributed by atoms with E-state index < -0.39 is 0 Å². The lowest BCUT2D eigenvalue weighted by Crippen LogP contribution is -2.08. The average molecular weight is 176 g/mol. The van der Waals surface area contributed by atoms with Crippen molar-refractivity contribution in [2.45, 2.75) is 19.4 Å². The number of aromatic hydroxyl groups is 1. The van der Waals surface area contributed by atoms with Gasteiger partial charge in [0.15, 0.2) is 0 Å². The monoisotopic (exact) mass is 176 g/mol. The van der Waals surface area contributed by atoms with Gasteiger partial charge in [-0.3, -0.25) is 0 Å². The molecule has 0 unspecified atom stereocenters. The summed E-state index contributed by atoms with van der Waals surface area (Å²) in [7, 11) is 0. The summed E-state index contributed by atoms with van der Waals surface area (Å²) in [6.07, 6.45) is 0.266. The van der Waals surface area contributed by atoms with Crippen molar-refractivity contribution in [2.75, 3.05) is 0 Å². The second kappa shape index (κ2) is 3.92. The zero-order valence-corrected chi connectivity index (χ0v) is 7.49. The average Bonchev–Trinajstić information content (AvgIpc) is 2.10. The van der Waals surface area contributed by atoms with Crippen LogP contribution in [0.3, 0.4) is 0 Å². The Morgan fingerprint density at radius 3 is 2.85 bits per heavy atom. The second-order valence-electron chi connectivity index (χ2n) is 3.01. The Morgan fingerprint density at radius 1 is 1.62 bits per heavy atom. The van der Waals surface area contributed by atoms with E-state index in [9.17, 15) is 5.11 Å². The first kappa shape index (κ1) is 9.56. The van der Waals surface area contributed by atoms with Crippen LogP contribution in [0.1, 0.15) is 23.6 Å². The Labute approximate surface area is 77.4 Å². The van der Waals surface area contributed by atoms with Gasteiger partial charge < -0.3 is 10.8 Å². The van der Waals surface area contributed by atoms with Crippen molar-refractivity contribution < 1.29 is 5.11 Å². The summed E-state index contributed by atoms with van der Waals surface area (Å²) in [4.78, 5) is 0. The molecule has 3 N–H and O–H groups in total. The van der Waals surface area contributed by atoms with Crippen LogP contribution in [0.4, 0.5) is 0 Å². The SMILES string of the molecule is Cc1ccc([C@@H](N)CC#N)cc1O. The van der Waals surface area contributed by atoms with Crippen molar-refractivity contribution in [3.63, 3.8) is 0 Å². The number of hydrogen-bond donors (Lipinski definition) is 2. The van der Waals surface area contributed by atoms with E-state index in [2.05, 4.69) is 0 Å². The molecule has 0 heterocycles. The van der Waals surface area contributed by atoms with Gasteiger partial charge in [-0.15, -0.1) is 0 Å². The fraction of sp³-hybridized carbons (Fsp3) is 0.300. The molecular weight excluding hydrogens is 164 g/mol. The Hall–Kier alpha value is -1.53. The Bertz CT molecular complexity index is 341. The molecule has 3 nitrogen and oxygen atoms in total. The molecule has 0 spiro atoms. The highest BCUT2D eigenvalue weighted by molar-refractivity contribution is 5.36. The number of phenolic OH excluding ortho intramolecular Hbond substituents is 1. The van der Waals surface area contributed by atoms with Crippen LogP contribution in [0.15, 0.2) is 18.2 Å². The van der Waals surface area contributed by atoms with E-state index in [1.807, 2.05) is 19.1 Å². The molecule has 0 fully saturated rings. The zero-order valence-electron chi connectivity index (χ0n) is 7.49. The molecule has 0 aliphatic carbocycles. The molecule has 0 bridgehead atoms.